The van der Waals surface area contributed by atoms with Gasteiger partial charge in [0.25, 0.3) is 5.56 Å². The number of rotatable bonds is 2. The Balaban J connectivity index is 0.00000132. The average Bonchev–Trinajstić information content (AvgIpc) is 3.06. The topological polar surface area (TPSA) is 49.6 Å². The molecule has 0 amide bonds. The molecular formula is C14H19ClN4OS. The molecule has 2 aliphatic rings. The van der Waals surface area contributed by atoms with Crippen molar-refractivity contribution in [2.24, 2.45) is 5.92 Å². The van der Waals surface area contributed by atoms with E-state index in [2.05, 4.69) is 15.2 Å². The van der Waals surface area contributed by atoms with Crippen LogP contribution in [0.1, 0.15) is 18.5 Å². The Morgan fingerprint density at radius 2 is 2.33 bits per heavy atom. The molecule has 21 heavy (non-hydrogen) atoms. The lowest BCUT2D eigenvalue weighted by molar-refractivity contribution is 0.154. The highest BCUT2D eigenvalue weighted by atomic mass is 35.5. The van der Waals surface area contributed by atoms with Gasteiger partial charge in [-0.2, -0.15) is 0 Å². The first-order valence-corrected chi connectivity index (χ1v) is 8.09. The van der Waals surface area contributed by atoms with E-state index in [0.717, 1.165) is 42.8 Å². The lowest BCUT2D eigenvalue weighted by Gasteiger charge is -2.34. The Morgan fingerprint density at radius 3 is 3.24 bits per heavy atom. The van der Waals surface area contributed by atoms with Crippen molar-refractivity contribution in [1.82, 2.24) is 19.6 Å². The van der Waals surface area contributed by atoms with Gasteiger partial charge in [-0.15, -0.1) is 23.7 Å². The lowest BCUT2D eigenvalue weighted by Crippen LogP contribution is -2.44. The monoisotopic (exact) mass is 326 g/mol. The van der Waals surface area contributed by atoms with Gasteiger partial charge in [-0.3, -0.25) is 14.1 Å². The van der Waals surface area contributed by atoms with Crippen LogP contribution in [-0.4, -0.2) is 40.0 Å². The number of nitrogens with one attached hydrogen (secondary N) is 1. The molecule has 4 rings (SSSR count). The van der Waals surface area contributed by atoms with Crippen LogP contribution in [-0.2, 0) is 6.54 Å². The van der Waals surface area contributed by atoms with Crippen LogP contribution in [0.2, 0.25) is 0 Å². The zero-order valence-corrected chi connectivity index (χ0v) is 13.3. The van der Waals surface area contributed by atoms with Crippen molar-refractivity contribution >= 4 is 28.7 Å². The molecule has 7 heteroatoms. The van der Waals surface area contributed by atoms with Gasteiger partial charge in [0.05, 0.1) is 5.69 Å². The van der Waals surface area contributed by atoms with Crippen molar-refractivity contribution in [1.29, 1.82) is 0 Å². The first-order valence-electron chi connectivity index (χ1n) is 7.21. The van der Waals surface area contributed by atoms with Gasteiger partial charge in [0.1, 0.15) is 0 Å². The molecule has 0 spiro atoms. The predicted molar refractivity (Wildman–Crippen MR) is 86.4 cm³/mol. The Bertz CT molecular complexity index is 685. The van der Waals surface area contributed by atoms with Gasteiger partial charge in [-0.25, -0.2) is 4.98 Å². The summed E-state index contributed by atoms with van der Waals surface area (Å²) in [7, 11) is 0. The molecule has 2 aromatic heterocycles. The molecule has 2 aliphatic heterocycles. The number of nitrogens with zero attached hydrogens (tertiary/aromatic N) is 3. The van der Waals surface area contributed by atoms with Crippen LogP contribution in [0.5, 0.6) is 0 Å². The summed E-state index contributed by atoms with van der Waals surface area (Å²) in [5.74, 6) is 0.773. The Labute approximate surface area is 133 Å². The first-order chi connectivity index (χ1) is 9.79. The molecule has 5 nitrogen and oxygen atoms in total. The number of piperidine rings is 1. The third-order valence-corrected chi connectivity index (χ3v) is 5.24. The van der Waals surface area contributed by atoms with Crippen molar-refractivity contribution in [3.05, 3.63) is 33.7 Å². The zero-order valence-electron chi connectivity index (χ0n) is 11.7. The fraction of sp³-hybridized carbons (Fsp3) is 0.571. The fourth-order valence-corrected chi connectivity index (χ4v) is 4.20. The lowest BCUT2D eigenvalue weighted by atomic mass is 9.93. The van der Waals surface area contributed by atoms with E-state index >= 15 is 0 Å². The Hall–Kier alpha value is -0.950. The molecule has 1 N–H and O–H groups in total. The summed E-state index contributed by atoms with van der Waals surface area (Å²) in [4.78, 5) is 19.8. The molecule has 2 atom stereocenters. The molecule has 2 fully saturated rings. The van der Waals surface area contributed by atoms with Gasteiger partial charge in [0, 0.05) is 43.3 Å². The van der Waals surface area contributed by atoms with Crippen LogP contribution in [0.4, 0.5) is 0 Å². The number of hydrogen-bond donors (Lipinski definition) is 1. The summed E-state index contributed by atoms with van der Waals surface area (Å²) in [6.45, 7) is 4.18. The highest BCUT2D eigenvalue weighted by Gasteiger charge is 2.32. The van der Waals surface area contributed by atoms with E-state index in [1.54, 1.807) is 16.7 Å². The van der Waals surface area contributed by atoms with Gasteiger partial charge in [0.2, 0.25) is 0 Å². The molecule has 2 unspecified atom stereocenters. The normalized spacial score (nSPS) is 25.7. The maximum absolute atomic E-state index is 12.0. The number of thiazole rings is 1. The summed E-state index contributed by atoms with van der Waals surface area (Å²) in [6, 6.07) is 2.39. The third-order valence-electron chi connectivity index (χ3n) is 4.48. The minimum absolute atomic E-state index is 0. The summed E-state index contributed by atoms with van der Waals surface area (Å²) >= 11 is 1.52. The third kappa shape index (κ3) is 2.85. The van der Waals surface area contributed by atoms with Crippen molar-refractivity contribution in [2.45, 2.75) is 25.4 Å². The van der Waals surface area contributed by atoms with Gasteiger partial charge < -0.3 is 5.32 Å². The molecule has 2 saturated heterocycles. The van der Waals surface area contributed by atoms with Crippen LogP contribution in [0.15, 0.2) is 22.4 Å². The number of halogens is 1. The van der Waals surface area contributed by atoms with E-state index in [-0.39, 0.29) is 18.0 Å². The second-order valence-corrected chi connectivity index (χ2v) is 6.65. The summed E-state index contributed by atoms with van der Waals surface area (Å²) in [5, 5.41) is 5.48. The molecule has 114 valence electrons. The smallest absolute Gasteiger partial charge is 0.258 e. The number of aromatic nitrogens is 2. The summed E-state index contributed by atoms with van der Waals surface area (Å²) in [5.41, 5.74) is 0.936. The Morgan fingerprint density at radius 1 is 1.43 bits per heavy atom. The first kappa shape index (κ1) is 15.0. The minimum Gasteiger partial charge on any atom is -0.314 e. The van der Waals surface area contributed by atoms with Crippen molar-refractivity contribution in [2.75, 3.05) is 19.6 Å². The number of hydrogen-bond acceptors (Lipinski definition) is 5. The quantitative estimate of drug-likeness (QED) is 0.905. The molecule has 0 saturated carbocycles. The molecule has 4 heterocycles. The van der Waals surface area contributed by atoms with E-state index in [0.29, 0.717) is 6.04 Å². The van der Waals surface area contributed by atoms with Crippen molar-refractivity contribution in [3.63, 3.8) is 0 Å². The molecule has 0 radical (unpaired) electrons. The van der Waals surface area contributed by atoms with E-state index in [1.165, 1.54) is 24.2 Å². The van der Waals surface area contributed by atoms with E-state index in [1.807, 2.05) is 5.38 Å². The highest BCUT2D eigenvalue weighted by Crippen LogP contribution is 2.25. The highest BCUT2D eigenvalue weighted by molar-refractivity contribution is 7.15. The van der Waals surface area contributed by atoms with Gasteiger partial charge in [-0.1, -0.05) is 0 Å². The van der Waals surface area contributed by atoms with E-state index in [4.69, 9.17) is 0 Å². The predicted octanol–water partition coefficient (Wildman–Crippen LogP) is 1.36. The SMILES string of the molecule is Cl.O=c1cc(CN2CCC3NCCC3C2)nc2sccn12. The largest absolute Gasteiger partial charge is 0.314 e. The van der Waals surface area contributed by atoms with Crippen LogP contribution >= 0.6 is 23.7 Å². The van der Waals surface area contributed by atoms with Gasteiger partial charge in [-0.05, 0) is 25.3 Å². The maximum atomic E-state index is 12.0. The van der Waals surface area contributed by atoms with Gasteiger partial charge in [0.15, 0.2) is 4.96 Å². The summed E-state index contributed by atoms with van der Waals surface area (Å²) < 4.78 is 1.61. The standard InChI is InChI=1S/C14H18N4OS.ClH/c19-13-7-11(16-14-18(13)5-6-20-14)9-17-4-2-12-10(8-17)1-3-15-12;/h5-7,10,12,15H,1-4,8-9H2;1H. The molecule has 2 aromatic rings. The molecule has 0 aliphatic carbocycles. The van der Waals surface area contributed by atoms with Gasteiger partial charge >= 0.3 is 0 Å². The van der Waals surface area contributed by atoms with Crippen LogP contribution in [0.25, 0.3) is 4.96 Å². The number of fused-ring (bicyclic) bond motifs is 2. The van der Waals surface area contributed by atoms with E-state index in [9.17, 15) is 4.79 Å². The van der Waals surface area contributed by atoms with Crippen molar-refractivity contribution < 1.29 is 0 Å². The second kappa shape index (κ2) is 6.04. The van der Waals surface area contributed by atoms with Crippen LogP contribution < -0.4 is 10.9 Å². The van der Waals surface area contributed by atoms with Crippen LogP contribution in [0, 0.1) is 5.92 Å². The minimum atomic E-state index is 0. The number of likely N-dealkylation sites (tertiary alicyclic amines) is 1. The second-order valence-electron chi connectivity index (χ2n) is 5.77. The maximum Gasteiger partial charge on any atom is 0.258 e. The summed E-state index contributed by atoms with van der Waals surface area (Å²) in [6.07, 6.45) is 4.28. The van der Waals surface area contributed by atoms with E-state index < -0.39 is 0 Å². The molecular weight excluding hydrogens is 308 g/mol. The zero-order chi connectivity index (χ0) is 13.5. The average molecular weight is 327 g/mol. The Kier molecular flexibility index (Phi) is 4.31. The van der Waals surface area contributed by atoms with Crippen molar-refractivity contribution in [3.8, 4) is 0 Å². The van der Waals surface area contributed by atoms with Crippen LogP contribution in [0.3, 0.4) is 0 Å². The molecule has 0 aromatic carbocycles. The molecule has 0 bridgehead atoms. The fourth-order valence-electron chi connectivity index (χ4n) is 3.46.